The Morgan fingerprint density at radius 1 is 0.750 bits per heavy atom. The number of aromatic nitrogens is 2. The molecule has 0 bridgehead atoms. The predicted octanol–water partition coefficient (Wildman–Crippen LogP) is 10.9. The Morgan fingerprint density at radius 3 is 1.98 bits per heavy atom. The Labute approximate surface area is 245 Å². The van der Waals surface area contributed by atoms with Crippen LogP contribution < -0.4 is 4.74 Å². The van der Waals surface area contributed by atoms with E-state index in [4.69, 9.17) is 14.7 Å². The number of nitrogens with zero attached hydrogens (tertiary/aromatic N) is 2. The third kappa shape index (κ3) is 11.3. The van der Waals surface area contributed by atoms with Crippen molar-refractivity contribution in [1.82, 2.24) is 9.97 Å². The van der Waals surface area contributed by atoms with E-state index in [9.17, 15) is 4.79 Å². The van der Waals surface area contributed by atoms with Crippen molar-refractivity contribution in [2.45, 2.75) is 149 Å². The van der Waals surface area contributed by atoms with Crippen LogP contribution in [0.1, 0.15) is 154 Å². The van der Waals surface area contributed by atoms with Crippen molar-refractivity contribution in [2.75, 3.05) is 0 Å². The van der Waals surface area contributed by atoms with Gasteiger partial charge in [0.1, 0.15) is 5.75 Å². The molecule has 1 aromatic carbocycles. The Hall–Kier alpha value is -2.23. The fourth-order valence-electron chi connectivity index (χ4n) is 6.29. The van der Waals surface area contributed by atoms with Gasteiger partial charge in [-0.15, -0.1) is 0 Å². The molecule has 0 N–H and O–H groups in total. The molecule has 1 atom stereocenters. The van der Waals surface area contributed by atoms with E-state index < -0.39 is 0 Å². The highest BCUT2D eigenvalue weighted by Gasteiger charge is 2.27. The zero-order valence-electron chi connectivity index (χ0n) is 25.8. The molecule has 0 aliphatic heterocycles. The molecule has 1 unspecified atom stereocenters. The van der Waals surface area contributed by atoms with E-state index in [0.717, 1.165) is 43.0 Å². The molecule has 2 aromatic rings. The van der Waals surface area contributed by atoms with Gasteiger partial charge in [0.25, 0.3) is 0 Å². The van der Waals surface area contributed by atoms with Crippen molar-refractivity contribution in [3.63, 3.8) is 0 Å². The van der Waals surface area contributed by atoms with Gasteiger partial charge in [0, 0.05) is 18.0 Å². The molecule has 1 aliphatic rings. The van der Waals surface area contributed by atoms with Crippen LogP contribution in [0, 0.1) is 11.8 Å². The van der Waals surface area contributed by atoms with Crippen molar-refractivity contribution in [2.24, 2.45) is 11.8 Å². The number of ether oxygens (including phenoxy) is 1. The highest BCUT2D eigenvalue weighted by atomic mass is 16.5. The summed E-state index contributed by atoms with van der Waals surface area (Å²) in [7, 11) is 0. The maximum Gasteiger partial charge on any atom is 0.314 e. The van der Waals surface area contributed by atoms with Crippen LogP contribution in [0.15, 0.2) is 36.7 Å². The maximum absolute atomic E-state index is 12.8. The second-order valence-electron chi connectivity index (χ2n) is 12.2. The molecule has 1 saturated carbocycles. The van der Waals surface area contributed by atoms with E-state index in [-0.39, 0.29) is 11.9 Å². The van der Waals surface area contributed by atoms with Crippen LogP contribution in [-0.2, 0) is 4.79 Å². The van der Waals surface area contributed by atoms with Gasteiger partial charge in [0.2, 0.25) is 0 Å². The van der Waals surface area contributed by atoms with Crippen LogP contribution in [0.5, 0.6) is 5.75 Å². The number of esters is 1. The third-order valence-corrected chi connectivity index (χ3v) is 8.91. The average Bonchev–Trinajstić information content (AvgIpc) is 2.99. The molecule has 0 radical (unpaired) electrons. The molecule has 0 amide bonds. The lowest BCUT2D eigenvalue weighted by atomic mass is 9.80. The number of benzene rings is 1. The van der Waals surface area contributed by atoms with Gasteiger partial charge in [0.15, 0.2) is 5.82 Å². The Balaban J connectivity index is 1.43. The number of hydrogen-bond donors (Lipinski definition) is 0. The minimum atomic E-state index is -0.0675. The van der Waals surface area contributed by atoms with Gasteiger partial charge < -0.3 is 4.74 Å². The minimum absolute atomic E-state index is 0.0410. The summed E-state index contributed by atoms with van der Waals surface area (Å²) in [4.78, 5) is 22.2. The number of rotatable bonds is 19. The Morgan fingerprint density at radius 2 is 1.35 bits per heavy atom. The molecule has 40 heavy (non-hydrogen) atoms. The first-order valence-corrected chi connectivity index (χ1v) is 16.8. The van der Waals surface area contributed by atoms with E-state index >= 15 is 0 Å². The SMILES string of the molecule is CCCCCCCCC(CCC)c1cnc(-c2ccc(OC(=O)C3CCC(CCCCCCC)CC3)cc2)nc1. The average molecular weight is 549 g/mol. The summed E-state index contributed by atoms with van der Waals surface area (Å²) < 4.78 is 5.77. The second-order valence-corrected chi connectivity index (χ2v) is 12.2. The van der Waals surface area contributed by atoms with Gasteiger partial charge >= 0.3 is 5.97 Å². The van der Waals surface area contributed by atoms with E-state index in [2.05, 4.69) is 20.8 Å². The molecular weight excluding hydrogens is 492 g/mol. The molecule has 222 valence electrons. The van der Waals surface area contributed by atoms with E-state index in [1.807, 2.05) is 36.7 Å². The largest absolute Gasteiger partial charge is 0.426 e. The lowest BCUT2D eigenvalue weighted by molar-refractivity contribution is -0.140. The topological polar surface area (TPSA) is 52.1 Å². The van der Waals surface area contributed by atoms with Crippen molar-refractivity contribution in [3.8, 4) is 17.1 Å². The van der Waals surface area contributed by atoms with E-state index in [1.165, 1.54) is 102 Å². The smallest absolute Gasteiger partial charge is 0.314 e. The zero-order valence-corrected chi connectivity index (χ0v) is 25.8. The molecule has 0 saturated heterocycles. The van der Waals surface area contributed by atoms with Crippen LogP contribution in [0.25, 0.3) is 11.4 Å². The number of hydrogen-bond acceptors (Lipinski definition) is 4. The van der Waals surface area contributed by atoms with Crippen LogP contribution in [0.2, 0.25) is 0 Å². The van der Waals surface area contributed by atoms with Gasteiger partial charge in [-0.1, -0.05) is 104 Å². The van der Waals surface area contributed by atoms with Crippen LogP contribution in [0.4, 0.5) is 0 Å². The first-order valence-electron chi connectivity index (χ1n) is 16.8. The molecule has 1 aliphatic carbocycles. The van der Waals surface area contributed by atoms with Gasteiger partial charge in [-0.3, -0.25) is 4.79 Å². The number of unbranched alkanes of at least 4 members (excludes halogenated alkanes) is 9. The predicted molar refractivity (Wildman–Crippen MR) is 168 cm³/mol. The fraction of sp³-hybridized carbons (Fsp3) is 0.694. The second kappa shape index (κ2) is 19.0. The van der Waals surface area contributed by atoms with Gasteiger partial charge in [-0.25, -0.2) is 9.97 Å². The molecule has 1 heterocycles. The summed E-state index contributed by atoms with van der Waals surface area (Å²) in [5.74, 6) is 2.66. The summed E-state index contributed by atoms with van der Waals surface area (Å²) in [5.41, 5.74) is 2.21. The standard InChI is InChI=1S/C36H56N2O2/c1-4-7-9-11-13-15-18-30(16-6-3)33-27-37-35(38-28-33)31-23-25-34(26-24-31)40-36(39)32-21-19-29(20-22-32)17-14-12-10-8-5-2/h23-30,32H,4-22H2,1-3H3. The summed E-state index contributed by atoms with van der Waals surface area (Å²) >= 11 is 0. The summed E-state index contributed by atoms with van der Waals surface area (Å²) in [5, 5.41) is 0. The molecule has 4 heteroatoms. The molecule has 3 rings (SSSR count). The van der Waals surface area contributed by atoms with Crippen molar-refractivity contribution in [3.05, 3.63) is 42.2 Å². The Bertz CT molecular complexity index is 932. The Kier molecular flexibility index (Phi) is 15.3. The monoisotopic (exact) mass is 548 g/mol. The highest BCUT2D eigenvalue weighted by molar-refractivity contribution is 5.75. The highest BCUT2D eigenvalue weighted by Crippen LogP contribution is 2.33. The molecule has 4 nitrogen and oxygen atoms in total. The van der Waals surface area contributed by atoms with E-state index in [0.29, 0.717) is 11.7 Å². The molecular formula is C36H56N2O2. The minimum Gasteiger partial charge on any atom is -0.426 e. The summed E-state index contributed by atoms with van der Waals surface area (Å²) in [6.07, 6.45) is 28.0. The molecule has 1 aromatic heterocycles. The first-order chi connectivity index (χ1) is 19.6. The fourth-order valence-corrected chi connectivity index (χ4v) is 6.29. The van der Waals surface area contributed by atoms with Crippen molar-refractivity contribution >= 4 is 5.97 Å². The number of carbonyl (C=O) groups is 1. The quantitative estimate of drug-likeness (QED) is 0.0995. The molecule has 1 fully saturated rings. The summed E-state index contributed by atoms with van der Waals surface area (Å²) in [6.45, 7) is 6.80. The van der Waals surface area contributed by atoms with Crippen LogP contribution in [-0.4, -0.2) is 15.9 Å². The zero-order chi connectivity index (χ0) is 28.4. The lowest BCUT2D eigenvalue weighted by Gasteiger charge is -2.27. The van der Waals surface area contributed by atoms with Crippen molar-refractivity contribution < 1.29 is 9.53 Å². The van der Waals surface area contributed by atoms with Crippen LogP contribution in [0.3, 0.4) is 0 Å². The molecule has 0 spiro atoms. The third-order valence-electron chi connectivity index (χ3n) is 8.91. The van der Waals surface area contributed by atoms with E-state index in [1.54, 1.807) is 0 Å². The first kappa shape index (κ1) is 32.3. The van der Waals surface area contributed by atoms with Crippen molar-refractivity contribution in [1.29, 1.82) is 0 Å². The van der Waals surface area contributed by atoms with Gasteiger partial charge in [0.05, 0.1) is 5.92 Å². The maximum atomic E-state index is 12.8. The van der Waals surface area contributed by atoms with Gasteiger partial charge in [-0.05, 0) is 80.2 Å². The normalized spacial score (nSPS) is 18.0. The van der Waals surface area contributed by atoms with Gasteiger partial charge in [-0.2, -0.15) is 0 Å². The lowest BCUT2D eigenvalue weighted by Crippen LogP contribution is -2.25. The number of carbonyl (C=O) groups excluding carboxylic acids is 1. The summed E-state index contributed by atoms with van der Waals surface area (Å²) in [6, 6.07) is 7.69. The van der Waals surface area contributed by atoms with Crippen LogP contribution >= 0.6 is 0 Å².